The Morgan fingerprint density at radius 3 is 2.75 bits per heavy atom. The molecule has 0 aromatic carbocycles. The standard InChI is InChI=1S/C9H13NO2/c1-2-3-4-9(11)10-5-7-12-8-6-10/h1H,3-8H2. The maximum absolute atomic E-state index is 11.3. The quantitative estimate of drug-likeness (QED) is 0.552. The number of carbonyl (C=O) groups excluding carboxylic acids is 1. The van der Waals surface area contributed by atoms with Crippen molar-refractivity contribution in [1.82, 2.24) is 4.90 Å². The highest BCUT2D eigenvalue weighted by Crippen LogP contribution is 2.01. The highest BCUT2D eigenvalue weighted by molar-refractivity contribution is 5.76. The molecule has 1 saturated heterocycles. The third kappa shape index (κ3) is 2.55. The van der Waals surface area contributed by atoms with Gasteiger partial charge in [0.05, 0.1) is 13.2 Å². The van der Waals surface area contributed by atoms with E-state index in [0.717, 1.165) is 0 Å². The predicted molar refractivity (Wildman–Crippen MR) is 45.5 cm³/mol. The van der Waals surface area contributed by atoms with Gasteiger partial charge in [-0.25, -0.2) is 0 Å². The number of ether oxygens (including phenoxy) is 1. The average molecular weight is 167 g/mol. The largest absolute Gasteiger partial charge is 0.378 e. The van der Waals surface area contributed by atoms with Crippen LogP contribution in [0, 0.1) is 12.3 Å². The molecule has 3 nitrogen and oxygen atoms in total. The molecule has 0 atom stereocenters. The van der Waals surface area contributed by atoms with Crippen molar-refractivity contribution in [1.29, 1.82) is 0 Å². The van der Waals surface area contributed by atoms with Gasteiger partial charge in [0, 0.05) is 25.9 Å². The van der Waals surface area contributed by atoms with Crippen LogP contribution in [-0.4, -0.2) is 37.1 Å². The molecule has 0 spiro atoms. The van der Waals surface area contributed by atoms with E-state index in [4.69, 9.17) is 11.2 Å². The summed E-state index contributed by atoms with van der Waals surface area (Å²) in [6, 6.07) is 0. The second kappa shape index (κ2) is 4.78. The summed E-state index contributed by atoms with van der Waals surface area (Å²) in [6.45, 7) is 2.73. The van der Waals surface area contributed by atoms with Crippen LogP contribution in [0.4, 0.5) is 0 Å². The number of rotatable bonds is 2. The van der Waals surface area contributed by atoms with E-state index >= 15 is 0 Å². The molecule has 0 aromatic heterocycles. The Hall–Kier alpha value is -1.01. The molecule has 0 aromatic rings. The van der Waals surface area contributed by atoms with Crippen molar-refractivity contribution in [3.8, 4) is 12.3 Å². The highest BCUT2D eigenvalue weighted by Gasteiger charge is 2.15. The molecule has 1 heterocycles. The maximum Gasteiger partial charge on any atom is 0.223 e. The first-order chi connectivity index (χ1) is 5.84. The molecule has 0 N–H and O–H groups in total. The number of carbonyl (C=O) groups is 1. The molecule has 0 aliphatic carbocycles. The van der Waals surface area contributed by atoms with Crippen LogP contribution >= 0.6 is 0 Å². The summed E-state index contributed by atoms with van der Waals surface area (Å²) in [4.78, 5) is 13.1. The fraction of sp³-hybridized carbons (Fsp3) is 0.667. The predicted octanol–water partition coefficient (Wildman–Crippen LogP) is 0.259. The molecule has 66 valence electrons. The zero-order chi connectivity index (χ0) is 8.81. The summed E-state index contributed by atoms with van der Waals surface area (Å²) in [5, 5.41) is 0. The van der Waals surface area contributed by atoms with Gasteiger partial charge in [-0.2, -0.15) is 0 Å². The lowest BCUT2D eigenvalue weighted by Gasteiger charge is -2.26. The fourth-order valence-electron chi connectivity index (χ4n) is 1.15. The van der Waals surface area contributed by atoms with Gasteiger partial charge in [0.25, 0.3) is 0 Å². The van der Waals surface area contributed by atoms with E-state index < -0.39 is 0 Å². The molecule has 12 heavy (non-hydrogen) atoms. The second-order valence-corrected chi connectivity index (χ2v) is 2.70. The first kappa shape index (κ1) is 9.08. The molecule has 0 radical (unpaired) electrons. The van der Waals surface area contributed by atoms with E-state index in [1.54, 1.807) is 4.90 Å². The van der Waals surface area contributed by atoms with Gasteiger partial charge >= 0.3 is 0 Å². The van der Waals surface area contributed by atoms with Crippen LogP contribution < -0.4 is 0 Å². The normalized spacial score (nSPS) is 17.1. The first-order valence-electron chi connectivity index (χ1n) is 4.13. The molecule has 0 bridgehead atoms. The van der Waals surface area contributed by atoms with Crippen LogP contribution in [0.25, 0.3) is 0 Å². The summed E-state index contributed by atoms with van der Waals surface area (Å²) in [5.41, 5.74) is 0. The average Bonchev–Trinajstić information content (AvgIpc) is 2.15. The van der Waals surface area contributed by atoms with Crippen LogP contribution in [0.1, 0.15) is 12.8 Å². The third-order valence-electron chi connectivity index (χ3n) is 1.85. The van der Waals surface area contributed by atoms with Gasteiger partial charge in [-0.3, -0.25) is 4.79 Å². The fourth-order valence-corrected chi connectivity index (χ4v) is 1.15. The molecule has 1 amide bonds. The van der Waals surface area contributed by atoms with E-state index in [1.165, 1.54) is 0 Å². The zero-order valence-corrected chi connectivity index (χ0v) is 7.08. The molecule has 1 fully saturated rings. The van der Waals surface area contributed by atoms with Crippen molar-refractivity contribution >= 4 is 5.91 Å². The Labute approximate surface area is 72.7 Å². The Morgan fingerprint density at radius 1 is 1.50 bits per heavy atom. The maximum atomic E-state index is 11.3. The van der Waals surface area contributed by atoms with Crippen LogP contribution in [0.15, 0.2) is 0 Å². The van der Waals surface area contributed by atoms with Crippen molar-refractivity contribution in [2.45, 2.75) is 12.8 Å². The molecule has 3 heteroatoms. The second-order valence-electron chi connectivity index (χ2n) is 2.70. The number of hydrogen-bond acceptors (Lipinski definition) is 2. The summed E-state index contributed by atoms with van der Waals surface area (Å²) in [5.74, 6) is 2.61. The van der Waals surface area contributed by atoms with Crippen molar-refractivity contribution < 1.29 is 9.53 Å². The molecular weight excluding hydrogens is 154 g/mol. The summed E-state index contributed by atoms with van der Waals surface area (Å²) >= 11 is 0. The van der Waals surface area contributed by atoms with Gasteiger partial charge in [-0.15, -0.1) is 12.3 Å². The first-order valence-corrected chi connectivity index (χ1v) is 4.13. The van der Waals surface area contributed by atoms with E-state index in [0.29, 0.717) is 39.1 Å². The molecule has 1 rings (SSSR count). The number of amides is 1. The van der Waals surface area contributed by atoms with Crippen molar-refractivity contribution in [3.63, 3.8) is 0 Å². The number of terminal acetylenes is 1. The topological polar surface area (TPSA) is 29.5 Å². The number of hydrogen-bond donors (Lipinski definition) is 0. The third-order valence-corrected chi connectivity index (χ3v) is 1.85. The van der Waals surface area contributed by atoms with Crippen molar-refractivity contribution in [3.05, 3.63) is 0 Å². The smallest absolute Gasteiger partial charge is 0.223 e. The minimum Gasteiger partial charge on any atom is -0.378 e. The zero-order valence-electron chi connectivity index (χ0n) is 7.08. The lowest BCUT2D eigenvalue weighted by molar-refractivity contribution is -0.135. The molecule has 0 unspecified atom stereocenters. The van der Waals surface area contributed by atoms with Gasteiger partial charge in [0.2, 0.25) is 5.91 Å². The lowest BCUT2D eigenvalue weighted by Crippen LogP contribution is -2.40. The minimum atomic E-state index is 0.149. The molecular formula is C9H13NO2. The van der Waals surface area contributed by atoms with E-state index in [1.807, 2.05) is 0 Å². The van der Waals surface area contributed by atoms with Gasteiger partial charge < -0.3 is 9.64 Å². The number of nitrogens with zero attached hydrogens (tertiary/aromatic N) is 1. The van der Waals surface area contributed by atoms with Crippen LogP contribution in [0.3, 0.4) is 0 Å². The Balaban J connectivity index is 2.26. The Bertz CT molecular complexity index is 189. The van der Waals surface area contributed by atoms with Gasteiger partial charge in [0.15, 0.2) is 0 Å². The van der Waals surface area contributed by atoms with E-state index in [2.05, 4.69) is 5.92 Å². The molecule has 1 aliphatic heterocycles. The van der Waals surface area contributed by atoms with E-state index in [9.17, 15) is 4.79 Å². The lowest BCUT2D eigenvalue weighted by atomic mass is 10.2. The minimum absolute atomic E-state index is 0.149. The van der Waals surface area contributed by atoms with Crippen molar-refractivity contribution in [2.75, 3.05) is 26.3 Å². The summed E-state index contributed by atoms with van der Waals surface area (Å²) in [7, 11) is 0. The van der Waals surface area contributed by atoms with Crippen LogP contribution in [-0.2, 0) is 9.53 Å². The Kier molecular flexibility index (Phi) is 3.62. The SMILES string of the molecule is C#CCCC(=O)N1CCOCC1. The highest BCUT2D eigenvalue weighted by atomic mass is 16.5. The molecule has 1 aliphatic rings. The van der Waals surface area contributed by atoms with Gasteiger partial charge in [-0.05, 0) is 0 Å². The summed E-state index contributed by atoms with van der Waals surface area (Å²) < 4.78 is 5.12. The monoisotopic (exact) mass is 167 g/mol. The molecule has 0 saturated carbocycles. The Morgan fingerprint density at radius 2 is 2.17 bits per heavy atom. The van der Waals surface area contributed by atoms with Gasteiger partial charge in [0.1, 0.15) is 0 Å². The van der Waals surface area contributed by atoms with Crippen LogP contribution in [0.5, 0.6) is 0 Å². The summed E-state index contributed by atoms with van der Waals surface area (Å²) in [6.07, 6.45) is 6.07. The van der Waals surface area contributed by atoms with Gasteiger partial charge in [-0.1, -0.05) is 0 Å². The van der Waals surface area contributed by atoms with E-state index in [-0.39, 0.29) is 5.91 Å². The van der Waals surface area contributed by atoms with Crippen LogP contribution in [0.2, 0.25) is 0 Å². The number of morpholine rings is 1. The van der Waals surface area contributed by atoms with Crippen molar-refractivity contribution in [2.24, 2.45) is 0 Å².